The summed E-state index contributed by atoms with van der Waals surface area (Å²) in [4.78, 5) is 24.7. The van der Waals surface area contributed by atoms with Gasteiger partial charge in [-0.1, -0.05) is 0 Å². The molecule has 0 aromatic rings. The van der Waals surface area contributed by atoms with Crippen LogP contribution in [-0.2, 0) is 9.53 Å². The molecule has 128 valence electrons. The lowest BCUT2D eigenvalue weighted by Gasteiger charge is -2.40. The molecule has 1 unspecified atom stereocenters. The largest absolute Gasteiger partial charge is 0.481 e. The second-order valence-corrected chi connectivity index (χ2v) is 6.71. The monoisotopic (exact) mass is 325 g/mol. The van der Waals surface area contributed by atoms with Crippen LogP contribution in [0.15, 0.2) is 0 Å². The number of rotatable bonds is 3. The van der Waals surface area contributed by atoms with Crippen LogP contribution in [0.5, 0.6) is 0 Å². The Morgan fingerprint density at radius 3 is 2.32 bits per heavy atom. The second kappa shape index (κ2) is 6.34. The number of carbonyl (C=O) groups excluding carboxylic acids is 1. The van der Waals surface area contributed by atoms with Crippen LogP contribution in [-0.4, -0.2) is 46.9 Å². The van der Waals surface area contributed by atoms with E-state index < -0.39 is 42.1 Å². The molecule has 1 aliphatic heterocycles. The van der Waals surface area contributed by atoms with E-state index in [-0.39, 0.29) is 19.5 Å². The molecule has 0 saturated carbocycles. The summed E-state index contributed by atoms with van der Waals surface area (Å²) in [5.41, 5.74) is -2.31. The molecular formula is C14H22F3NO4. The molecule has 1 amide bonds. The van der Waals surface area contributed by atoms with Gasteiger partial charge in [-0.25, -0.2) is 4.79 Å². The minimum absolute atomic E-state index is 0.123. The summed E-state index contributed by atoms with van der Waals surface area (Å²) in [6, 6.07) is 0. The molecule has 0 aromatic carbocycles. The van der Waals surface area contributed by atoms with Crippen molar-refractivity contribution in [3.63, 3.8) is 0 Å². The maximum Gasteiger partial charge on any atom is 0.410 e. The first-order valence-electron chi connectivity index (χ1n) is 7.13. The molecule has 0 aromatic heterocycles. The summed E-state index contributed by atoms with van der Waals surface area (Å²) in [6.45, 7) is 5.04. The Morgan fingerprint density at radius 1 is 1.27 bits per heavy atom. The van der Waals surface area contributed by atoms with Crippen molar-refractivity contribution in [3.05, 3.63) is 0 Å². The zero-order valence-corrected chi connectivity index (χ0v) is 13.0. The van der Waals surface area contributed by atoms with Crippen LogP contribution >= 0.6 is 0 Å². The summed E-state index contributed by atoms with van der Waals surface area (Å²) in [6.07, 6.45) is -6.37. The van der Waals surface area contributed by atoms with Crippen molar-refractivity contribution in [1.29, 1.82) is 0 Å². The highest BCUT2D eigenvalue weighted by Gasteiger charge is 2.46. The van der Waals surface area contributed by atoms with E-state index in [0.29, 0.717) is 6.42 Å². The predicted octanol–water partition coefficient (Wildman–Crippen LogP) is 3.43. The maximum absolute atomic E-state index is 12.4. The highest BCUT2D eigenvalue weighted by Crippen LogP contribution is 2.38. The average molecular weight is 325 g/mol. The lowest BCUT2D eigenvalue weighted by molar-refractivity contribution is -0.161. The van der Waals surface area contributed by atoms with Crippen molar-refractivity contribution in [3.8, 4) is 0 Å². The second-order valence-electron chi connectivity index (χ2n) is 6.71. The Hall–Kier alpha value is -1.47. The van der Waals surface area contributed by atoms with E-state index in [0.717, 1.165) is 0 Å². The average Bonchev–Trinajstić information content (AvgIpc) is 2.33. The van der Waals surface area contributed by atoms with Gasteiger partial charge in [0.25, 0.3) is 0 Å². The SMILES string of the molecule is CC(C)(C)OC(=O)N1CCCC(CCC(F)(F)F)(C(=O)O)C1. The Labute approximate surface area is 127 Å². The standard InChI is InChI=1S/C14H22F3NO4/c1-12(2,3)22-11(21)18-8-4-5-13(9-18,10(19)20)6-7-14(15,16)17/h4-9H2,1-3H3,(H,19,20). The Balaban J connectivity index is 2.83. The summed E-state index contributed by atoms with van der Waals surface area (Å²) in [5.74, 6) is -1.30. The number of ether oxygens (including phenoxy) is 1. The Bertz CT molecular complexity index is 431. The molecule has 0 aliphatic carbocycles. The van der Waals surface area contributed by atoms with Gasteiger partial charge in [0.15, 0.2) is 0 Å². The van der Waals surface area contributed by atoms with E-state index in [4.69, 9.17) is 4.74 Å². The zero-order valence-electron chi connectivity index (χ0n) is 13.0. The molecule has 0 radical (unpaired) electrons. The quantitative estimate of drug-likeness (QED) is 0.863. The van der Waals surface area contributed by atoms with Crippen molar-refractivity contribution in [1.82, 2.24) is 4.90 Å². The topological polar surface area (TPSA) is 66.8 Å². The smallest absolute Gasteiger partial charge is 0.410 e. The fourth-order valence-electron chi connectivity index (χ4n) is 2.48. The third-order valence-corrected chi connectivity index (χ3v) is 3.57. The highest BCUT2D eigenvalue weighted by molar-refractivity contribution is 5.77. The molecule has 8 heteroatoms. The van der Waals surface area contributed by atoms with E-state index in [2.05, 4.69) is 0 Å². The van der Waals surface area contributed by atoms with Gasteiger partial charge in [0.05, 0.1) is 5.41 Å². The van der Waals surface area contributed by atoms with E-state index in [1.54, 1.807) is 20.8 Å². The molecule has 1 N–H and O–H groups in total. The summed E-state index contributed by atoms with van der Waals surface area (Å²) in [5, 5.41) is 9.37. The van der Waals surface area contributed by atoms with Crippen molar-refractivity contribution >= 4 is 12.1 Å². The van der Waals surface area contributed by atoms with E-state index >= 15 is 0 Å². The number of piperidine rings is 1. The Kier molecular flexibility index (Phi) is 5.35. The van der Waals surface area contributed by atoms with Gasteiger partial charge in [0.2, 0.25) is 0 Å². The first-order valence-corrected chi connectivity index (χ1v) is 7.13. The number of hydrogen-bond donors (Lipinski definition) is 1. The molecule has 0 spiro atoms. The number of carbonyl (C=O) groups is 2. The number of nitrogens with zero attached hydrogens (tertiary/aromatic N) is 1. The predicted molar refractivity (Wildman–Crippen MR) is 72.4 cm³/mol. The molecule has 1 atom stereocenters. The number of carboxylic acid groups (broad SMARTS) is 1. The molecule has 5 nitrogen and oxygen atoms in total. The number of aliphatic carboxylic acids is 1. The minimum Gasteiger partial charge on any atom is -0.481 e. The van der Waals surface area contributed by atoms with Gasteiger partial charge in [0, 0.05) is 19.5 Å². The highest BCUT2D eigenvalue weighted by atomic mass is 19.4. The molecule has 1 aliphatic rings. The maximum atomic E-state index is 12.4. The van der Waals surface area contributed by atoms with Gasteiger partial charge in [-0.15, -0.1) is 0 Å². The van der Waals surface area contributed by atoms with Crippen LogP contribution in [0, 0.1) is 5.41 Å². The summed E-state index contributed by atoms with van der Waals surface area (Å²) >= 11 is 0. The third kappa shape index (κ3) is 5.38. The van der Waals surface area contributed by atoms with Gasteiger partial charge in [0.1, 0.15) is 5.60 Å². The molecule has 1 fully saturated rings. The number of amides is 1. The molecule has 1 heterocycles. The zero-order chi connectivity index (χ0) is 17.2. The van der Waals surface area contributed by atoms with Crippen LogP contribution in [0.3, 0.4) is 0 Å². The van der Waals surface area contributed by atoms with Gasteiger partial charge in [-0.2, -0.15) is 13.2 Å². The van der Waals surface area contributed by atoms with Crippen LogP contribution in [0.4, 0.5) is 18.0 Å². The van der Waals surface area contributed by atoms with Crippen molar-refractivity contribution in [2.24, 2.45) is 5.41 Å². The first kappa shape index (κ1) is 18.6. The molecule has 22 heavy (non-hydrogen) atoms. The van der Waals surface area contributed by atoms with Crippen LogP contribution < -0.4 is 0 Å². The minimum atomic E-state index is -4.42. The fraction of sp³-hybridized carbons (Fsp3) is 0.857. The number of carboxylic acids is 1. The van der Waals surface area contributed by atoms with Crippen molar-refractivity contribution < 1.29 is 32.6 Å². The van der Waals surface area contributed by atoms with Gasteiger partial charge in [-0.05, 0) is 40.0 Å². The van der Waals surface area contributed by atoms with Crippen LogP contribution in [0.2, 0.25) is 0 Å². The van der Waals surface area contributed by atoms with E-state index in [1.807, 2.05) is 0 Å². The Morgan fingerprint density at radius 2 is 1.86 bits per heavy atom. The number of likely N-dealkylation sites (tertiary alicyclic amines) is 1. The summed E-state index contributed by atoms with van der Waals surface area (Å²) in [7, 11) is 0. The van der Waals surface area contributed by atoms with Gasteiger partial charge < -0.3 is 14.7 Å². The molecular weight excluding hydrogens is 303 g/mol. The molecule has 0 bridgehead atoms. The molecule has 1 saturated heterocycles. The lowest BCUT2D eigenvalue weighted by Crippen LogP contribution is -2.51. The van der Waals surface area contributed by atoms with Crippen LogP contribution in [0.25, 0.3) is 0 Å². The lowest BCUT2D eigenvalue weighted by atomic mass is 9.76. The van der Waals surface area contributed by atoms with E-state index in [1.165, 1.54) is 4.90 Å². The van der Waals surface area contributed by atoms with Crippen molar-refractivity contribution in [2.75, 3.05) is 13.1 Å². The van der Waals surface area contributed by atoms with Crippen LogP contribution in [0.1, 0.15) is 46.5 Å². The van der Waals surface area contributed by atoms with E-state index in [9.17, 15) is 27.9 Å². The number of halogens is 3. The van der Waals surface area contributed by atoms with Crippen molar-refractivity contribution in [2.45, 2.75) is 58.2 Å². The van der Waals surface area contributed by atoms with Gasteiger partial charge >= 0.3 is 18.2 Å². The number of hydrogen-bond acceptors (Lipinski definition) is 3. The first-order chi connectivity index (χ1) is 9.85. The third-order valence-electron chi connectivity index (χ3n) is 3.57. The van der Waals surface area contributed by atoms with Gasteiger partial charge in [-0.3, -0.25) is 4.79 Å². The normalized spacial score (nSPS) is 23.3. The molecule has 1 rings (SSSR count). The fourth-order valence-corrected chi connectivity index (χ4v) is 2.48. The summed E-state index contributed by atoms with van der Waals surface area (Å²) < 4.78 is 42.4. The number of alkyl halides is 3.